The lowest BCUT2D eigenvalue weighted by molar-refractivity contribution is 0.174. The van der Waals surface area contributed by atoms with E-state index >= 15 is 0 Å². The molecule has 1 aromatic heterocycles. The topological polar surface area (TPSA) is 82.5 Å². The highest BCUT2D eigenvalue weighted by Gasteiger charge is 2.16. The molecule has 1 aliphatic heterocycles. The number of hydrogen-bond donors (Lipinski definition) is 2. The van der Waals surface area contributed by atoms with Gasteiger partial charge < -0.3 is 24.9 Å². The van der Waals surface area contributed by atoms with Crippen molar-refractivity contribution in [3.63, 3.8) is 0 Å². The molecule has 2 heterocycles. The molecule has 0 fully saturated rings. The number of nitrogens with two attached hydrogens (primary N) is 1. The lowest BCUT2D eigenvalue weighted by Gasteiger charge is -2.09. The van der Waals surface area contributed by atoms with E-state index in [0.717, 1.165) is 57.9 Å². The largest absolute Gasteiger partial charge is 0.454 e. The van der Waals surface area contributed by atoms with E-state index < -0.39 is 0 Å². The molecule has 0 unspecified atom stereocenters. The van der Waals surface area contributed by atoms with Crippen LogP contribution in [0.25, 0.3) is 33.7 Å². The maximum atomic E-state index is 6.04. The number of fused-ring (bicyclic) bond motifs is 2. The van der Waals surface area contributed by atoms with Gasteiger partial charge >= 0.3 is 0 Å². The second kappa shape index (κ2) is 7.05. The number of nitrogen functional groups attached to an aromatic ring is 1. The number of aromatic nitrogens is 1. The lowest BCUT2D eigenvalue weighted by atomic mass is 10.0. The number of anilines is 2. The zero-order chi connectivity index (χ0) is 19.8. The molecule has 0 aliphatic carbocycles. The molecule has 5 rings (SSSR count). The average Bonchev–Trinajstić information content (AvgIpc) is 3.38. The van der Waals surface area contributed by atoms with Gasteiger partial charge in [0.15, 0.2) is 17.1 Å². The normalized spacial score (nSPS) is 12.4. The first-order chi connectivity index (χ1) is 14.2. The predicted octanol–water partition coefficient (Wildman–Crippen LogP) is 5.29. The van der Waals surface area contributed by atoms with Crippen molar-refractivity contribution in [2.75, 3.05) is 24.4 Å². The van der Waals surface area contributed by atoms with Crippen molar-refractivity contribution in [3.8, 4) is 34.1 Å². The van der Waals surface area contributed by atoms with Gasteiger partial charge in [0, 0.05) is 17.9 Å². The van der Waals surface area contributed by atoms with E-state index in [4.69, 9.17) is 24.6 Å². The van der Waals surface area contributed by atoms with Crippen molar-refractivity contribution in [1.82, 2.24) is 4.98 Å². The van der Waals surface area contributed by atoms with Crippen molar-refractivity contribution in [2.45, 2.75) is 13.3 Å². The number of nitrogens with zero attached hydrogens (tertiary/aromatic N) is 1. The number of rotatable bonds is 5. The molecule has 4 aromatic rings. The summed E-state index contributed by atoms with van der Waals surface area (Å²) in [4.78, 5) is 4.73. The van der Waals surface area contributed by atoms with Gasteiger partial charge in [0.2, 0.25) is 12.7 Å². The number of nitrogens with one attached hydrogen (secondary N) is 1. The number of benzene rings is 3. The fourth-order valence-corrected chi connectivity index (χ4v) is 3.45. The van der Waals surface area contributed by atoms with Gasteiger partial charge in [0.25, 0.3) is 0 Å². The molecule has 29 heavy (non-hydrogen) atoms. The third kappa shape index (κ3) is 3.23. The molecule has 0 spiro atoms. The first kappa shape index (κ1) is 17.4. The Kier molecular flexibility index (Phi) is 4.24. The Labute approximate surface area is 168 Å². The molecule has 0 saturated carbocycles. The van der Waals surface area contributed by atoms with Crippen LogP contribution in [0.1, 0.15) is 13.3 Å². The van der Waals surface area contributed by atoms with Crippen molar-refractivity contribution in [2.24, 2.45) is 0 Å². The molecule has 0 amide bonds. The molecule has 0 atom stereocenters. The number of hydrogen-bond acceptors (Lipinski definition) is 6. The van der Waals surface area contributed by atoms with Crippen molar-refractivity contribution in [3.05, 3.63) is 54.6 Å². The summed E-state index contributed by atoms with van der Waals surface area (Å²) >= 11 is 0. The maximum Gasteiger partial charge on any atom is 0.231 e. The Hall–Kier alpha value is -3.67. The van der Waals surface area contributed by atoms with Crippen LogP contribution < -0.4 is 20.5 Å². The van der Waals surface area contributed by atoms with Crippen LogP contribution in [0.2, 0.25) is 0 Å². The second-order valence-electron chi connectivity index (χ2n) is 7.00. The fraction of sp³-hybridized carbons (Fsp3) is 0.174. The minimum absolute atomic E-state index is 0.263. The average molecular weight is 387 g/mol. The summed E-state index contributed by atoms with van der Waals surface area (Å²) in [6.07, 6.45) is 1.02. The monoisotopic (exact) mass is 387 g/mol. The maximum absolute atomic E-state index is 6.04. The van der Waals surface area contributed by atoms with Gasteiger partial charge in [-0.3, -0.25) is 0 Å². The highest BCUT2D eigenvalue weighted by atomic mass is 16.7. The molecule has 0 saturated heterocycles. The minimum Gasteiger partial charge on any atom is -0.454 e. The first-order valence-corrected chi connectivity index (χ1v) is 9.65. The quantitative estimate of drug-likeness (QED) is 0.453. The Morgan fingerprint density at radius 1 is 0.966 bits per heavy atom. The Morgan fingerprint density at radius 3 is 2.69 bits per heavy atom. The molecule has 6 heteroatoms. The highest BCUT2D eigenvalue weighted by molar-refractivity contribution is 5.85. The Balaban J connectivity index is 1.54. The summed E-state index contributed by atoms with van der Waals surface area (Å²) in [5, 5.41) is 3.41. The summed E-state index contributed by atoms with van der Waals surface area (Å²) in [6, 6.07) is 17.6. The van der Waals surface area contributed by atoms with E-state index in [2.05, 4.69) is 12.2 Å². The molecule has 1 aliphatic rings. The molecule has 146 valence electrons. The van der Waals surface area contributed by atoms with Gasteiger partial charge in [-0.15, -0.1) is 0 Å². The summed E-state index contributed by atoms with van der Waals surface area (Å²) in [5.41, 5.74) is 12.1. The van der Waals surface area contributed by atoms with Crippen molar-refractivity contribution >= 4 is 22.5 Å². The van der Waals surface area contributed by atoms with Crippen LogP contribution in [0, 0.1) is 0 Å². The van der Waals surface area contributed by atoms with E-state index in [1.807, 2.05) is 54.6 Å². The summed E-state index contributed by atoms with van der Waals surface area (Å²) in [7, 11) is 0. The van der Waals surface area contributed by atoms with Gasteiger partial charge in [0.1, 0.15) is 5.52 Å². The predicted molar refractivity (Wildman–Crippen MR) is 114 cm³/mol. The van der Waals surface area contributed by atoms with Gasteiger partial charge in [-0.1, -0.05) is 19.1 Å². The third-order valence-electron chi connectivity index (χ3n) is 4.93. The van der Waals surface area contributed by atoms with Gasteiger partial charge in [-0.2, -0.15) is 0 Å². The van der Waals surface area contributed by atoms with E-state index in [1.54, 1.807) is 0 Å². The Morgan fingerprint density at radius 2 is 1.79 bits per heavy atom. The van der Waals surface area contributed by atoms with Crippen LogP contribution in [-0.4, -0.2) is 18.3 Å². The van der Waals surface area contributed by atoms with Crippen molar-refractivity contribution < 1.29 is 13.9 Å². The molecule has 0 radical (unpaired) electrons. The number of ether oxygens (including phenoxy) is 2. The molecule has 3 aromatic carbocycles. The van der Waals surface area contributed by atoms with Gasteiger partial charge in [0.05, 0.1) is 5.56 Å². The molecular weight excluding hydrogens is 366 g/mol. The van der Waals surface area contributed by atoms with Crippen molar-refractivity contribution in [1.29, 1.82) is 0 Å². The van der Waals surface area contributed by atoms with Crippen LogP contribution in [0.4, 0.5) is 11.4 Å². The van der Waals surface area contributed by atoms with E-state index in [1.165, 1.54) is 0 Å². The minimum atomic E-state index is 0.263. The van der Waals surface area contributed by atoms with E-state index in [-0.39, 0.29) is 6.79 Å². The van der Waals surface area contributed by atoms with E-state index in [9.17, 15) is 0 Å². The van der Waals surface area contributed by atoms with Crippen LogP contribution in [0.5, 0.6) is 11.5 Å². The fourth-order valence-electron chi connectivity index (χ4n) is 3.45. The zero-order valence-electron chi connectivity index (χ0n) is 16.1. The summed E-state index contributed by atoms with van der Waals surface area (Å²) in [5.74, 6) is 2.08. The molecule has 0 bridgehead atoms. The third-order valence-corrected chi connectivity index (χ3v) is 4.93. The molecule has 6 nitrogen and oxygen atoms in total. The lowest BCUT2D eigenvalue weighted by Crippen LogP contribution is -2.02. The SMILES string of the molecule is CCCNc1ccc(N)cc1-c1nc2cc(-c3ccc4c(c3)OCO4)ccc2o1. The molecule has 3 N–H and O–H groups in total. The smallest absolute Gasteiger partial charge is 0.231 e. The molecular formula is C23H21N3O3. The van der Waals surface area contributed by atoms with Gasteiger partial charge in [-0.25, -0.2) is 4.98 Å². The first-order valence-electron chi connectivity index (χ1n) is 9.65. The van der Waals surface area contributed by atoms with Gasteiger partial charge in [-0.05, 0) is 60.0 Å². The number of oxazole rings is 1. The van der Waals surface area contributed by atoms with Crippen LogP contribution >= 0.6 is 0 Å². The van der Waals surface area contributed by atoms with Crippen LogP contribution in [0.15, 0.2) is 59.0 Å². The highest BCUT2D eigenvalue weighted by Crippen LogP contribution is 2.37. The Bertz CT molecular complexity index is 1200. The van der Waals surface area contributed by atoms with Crippen LogP contribution in [0.3, 0.4) is 0 Å². The van der Waals surface area contributed by atoms with E-state index in [0.29, 0.717) is 11.6 Å². The standard InChI is InChI=1S/C23H21N3O3/c1-2-9-25-18-6-5-16(24)12-17(18)23-26-19-10-14(3-7-20(19)29-23)15-4-8-21-22(11-15)28-13-27-21/h3-8,10-12,25H,2,9,13,24H2,1H3. The zero-order valence-corrected chi connectivity index (χ0v) is 16.1. The summed E-state index contributed by atoms with van der Waals surface area (Å²) in [6.45, 7) is 3.26. The van der Waals surface area contributed by atoms with Crippen LogP contribution in [-0.2, 0) is 0 Å². The summed E-state index contributed by atoms with van der Waals surface area (Å²) < 4.78 is 16.9. The second-order valence-corrected chi connectivity index (χ2v) is 7.00.